The highest BCUT2D eigenvalue weighted by atomic mass is 79.9. The predicted molar refractivity (Wildman–Crippen MR) is 98.0 cm³/mol. The Morgan fingerprint density at radius 1 is 1.40 bits per heavy atom. The maximum Gasteiger partial charge on any atom is 0.306 e. The second kappa shape index (κ2) is 8.62. The van der Waals surface area contributed by atoms with Gasteiger partial charge in [0.15, 0.2) is 23.1 Å². The molecule has 0 radical (unpaired) electrons. The Kier molecular flexibility index (Phi) is 6.78. The van der Waals surface area contributed by atoms with Gasteiger partial charge in [0.25, 0.3) is 0 Å². The molecule has 1 heterocycles. The van der Waals surface area contributed by atoms with Crippen LogP contribution < -0.4 is 9.47 Å². The maximum atomic E-state index is 14.8. The third-order valence-electron chi connectivity index (χ3n) is 3.61. The van der Waals surface area contributed by atoms with E-state index in [-0.39, 0.29) is 29.1 Å². The fourth-order valence-corrected chi connectivity index (χ4v) is 3.48. The first-order chi connectivity index (χ1) is 11.9. The van der Waals surface area contributed by atoms with Crippen LogP contribution in [0.1, 0.15) is 29.4 Å². The molecule has 0 spiro atoms. The Labute approximate surface area is 156 Å². The lowest BCUT2D eigenvalue weighted by Crippen LogP contribution is -2.13. The van der Waals surface area contributed by atoms with Gasteiger partial charge in [0.05, 0.1) is 24.5 Å². The minimum absolute atomic E-state index is 0.0200. The van der Waals surface area contributed by atoms with Crippen LogP contribution in [-0.4, -0.2) is 35.9 Å². The van der Waals surface area contributed by atoms with Crippen molar-refractivity contribution < 1.29 is 28.6 Å². The van der Waals surface area contributed by atoms with Gasteiger partial charge in [-0.2, -0.15) is 0 Å². The first kappa shape index (κ1) is 19.7. The monoisotopic (exact) mass is 432 g/mol. The molecule has 0 amide bonds. The fourth-order valence-electron chi connectivity index (χ4n) is 2.22. The van der Waals surface area contributed by atoms with Crippen molar-refractivity contribution in [1.82, 2.24) is 0 Å². The first-order valence-corrected chi connectivity index (χ1v) is 9.57. The molecule has 25 heavy (non-hydrogen) atoms. The standard InChI is InChI=1S/C17H18BrFO5S/c1-9(17(21)22)6-11(20)14-7-10-13(25-14)8-12(23-2)16(15(10)19)24-5-3-4-18/h7-9H,3-6H2,1-2H3,(H,21,22). The van der Waals surface area contributed by atoms with Gasteiger partial charge in [-0.1, -0.05) is 22.9 Å². The Hall–Kier alpha value is -1.67. The number of carbonyl (C=O) groups is 2. The Morgan fingerprint density at radius 3 is 2.72 bits per heavy atom. The Bertz CT molecular complexity index is 789. The number of fused-ring (bicyclic) bond motifs is 1. The SMILES string of the molecule is COc1cc2sc(C(=O)CC(C)C(=O)O)cc2c(F)c1OCCCBr. The number of hydrogen-bond acceptors (Lipinski definition) is 5. The number of carbonyl (C=O) groups excluding carboxylic acids is 1. The largest absolute Gasteiger partial charge is 0.493 e. The Balaban J connectivity index is 2.37. The lowest BCUT2D eigenvalue weighted by Gasteiger charge is -2.11. The summed E-state index contributed by atoms with van der Waals surface area (Å²) in [5.74, 6) is -2.45. The number of halogens is 2. The van der Waals surface area contributed by atoms with Crippen molar-refractivity contribution in [3.8, 4) is 11.5 Å². The number of thiophene rings is 1. The number of hydrogen-bond donors (Lipinski definition) is 1. The molecule has 1 N–H and O–H groups in total. The third kappa shape index (κ3) is 4.49. The zero-order valence-corrected chi connectivity index (χ0v) is 16.2. The highest BCUT2D eigenvalue weighted by Crippen LogP contribution is 2.40. The lowest BCUT2D eigenvalue weighted by atomic mass is 10.0. The van der Waals surface area contributed by atoms with Gasteiger partial charge in [-0.15, -0.1) is 11.3 Å². The normalized spacial score (nSPS) is 12.2. The van der Waals surface area contributed by atoms with Crippen LogP contribution in [0.15, 0.2) is 12.1 Å². The molecule has 5 nitrogen and oxygen atoms in total. The second-order valence-corrected chi connectivity index (χ2v) is 7.38. The number of alkyl halides is 1. The number of methoxy groups -OCH3 is 1. The van der Waals surface area contributed by atoms with E-state index in [9.17, 15) is 14.0 Å². The smallest absolute Gasteiger partial charge is 0.306 e. The maximum absolute atomic E-state index is 14.8. The predicted octanol–water partition coefficient (Wildman–Crippen LogP) is 4.51. The number of rotatable bonds is 9. The van der Waals surface area contributed by atoms with Crippen LogP contribution in [-0.2, 0) is 4.79 Å². The average Bonchev–Trinajstić information content (AvgIpc) is 3.01. The van der Waals surface area contributed by atoms with Crippen molar-refractivity contribution in [2.45, 2.75) is 19.8 Å². The van der Waals surface area contributed by atoms with E-state index < -0.39 is 17.7 Å². The molecule has 1 aromatic carbocycles. The second-order valence-electron chi connectivity index (χ2n) is 5.50. The van der Waals surface area contributed by atoms with E-state index in [2.05, 4.69) is 15.9 Å². The number of benzene rings is 1. The van der Waals surface area contributed by atoms with Crippen LogP contribution in [0.3, 0.4) is 0 Å². The summed E-state index contributed by atoms with van der Waals surface area (Å²) in [6.07, 6.45) is 0.580. The number of carboxylic acids is 1. The van der Waals surface area contributed by atoms with Crippen LogP contribution in [0.4, 0.5) is 4.39 Å². The molecule has 0 fully saturated rings. The van der Waals surface area contributed by atoms with Gasteiger partial charge in [-0.25, -0.2) is 4.39 Å². The van der Waals surface area contributed by atoms with Gasteiger partial charge in [0.2, 0.25) is 0 Å². The molecule has 1 unspecified atom stereocenters. The van der Waals surface area contributed by atoms with Crippen LogP contribution in [0.5, 0.6) is 11.5 Å². The summed E-state index contributed by atoms with van der Waals surface area (Å²) >= 11 is 4.40. The average molecular weight is 433 g/mol. The van der Waals surface area contributed by atoms with E-state index in [1.165, 1.54) is 20.1 Å². The number of ketones is 1. The highest BCUT2D eigenvalue weighted by Gasteiger charge is 2.22. The summed E-state index contributed by atoms with van der Waals surface area (Å²) in [6, 6.07) is 3.08. The zero-order chi connectivity index (χ0) is 18.6. The lowest BCUT2D eigenvalue weighted by molar-refractivity contribution is -0.141. The van der Waals surface area contributed by atoms with Gasteiger partial charge >= 0.3 is 5.97 Å². The molecular weight excluding hydrogens is 415 g/mol. The van der Waals surface area contributed by atoms with Crippen LogP contribution in [0.25, 0.3) is 10.1 Å². The van der Waals surface area contributed by atoms with E-state index in [1.807, 2.05) is 0 Å². The molecule has 1 atom stereocenters. The van der Waals surface area contributed by atoms with E-state index in [4.69, 9.17) is 14.6 Å². The summed E-state index contributed by atoms with van der Waals surface area (Å²) in [4.78, 5) is 23.5. The minimum Gasteiger partial charge on any atom is -0.493 e. The number of aliphatic carboxylic acids is 1. The summed E-state index contributed by atoms with van der Waals surface area (Å²) in [6.45, 7) is 1.79. The highest BCUT2D eigenvalue weighted by molar-refractivity contribution is 9.09. The molecule has 0 aliphatic rings. The summed E-state index contributed by atoms with van der Waals surface area (Å²) in [7, 11) is 1.42. The number of Topliss-reactive ketones (excluding diaryl/α,β-unsaturated/α-hetero) is 1. The number of ether oxygens (including phenoxy) is 2. The quantitative estimate of drug-likeness (QED) is 0.358. The van der Waals surface area contributed by atoms with E-state index >= 15 is 0 Å². The number of carboxylic acid groups (broad SMARTS) is 1. The van der Waals surface area contributed by atoms with Gasteiger partial charge < -0.3 is 14.6 Å². The van der Waals surface area contributed by atoms with Crippen molar-refractivity contribution in [3.05, 3.63) is 22.8 Å². The Morgan fingerprint density at radius 2 is 2.12 bits per heavy atom. The van der Waals surface area contributed by atoms with Crippen molar-refractivity contribution in [1.29, 1.82) is 0 Å². The van der Waals surface area contributed by atoms with Crippen molar-refractivity contribution in [3.63, 3.8) is 0 Å². The molecule has 0 aliphatic carbocycles. The zero-order valence-electron chi connectivity index (χ0n) is 13.8. The topological polar surface area (TPSA) is 72.8 Å². The van der Waals surface area contributed by atoms with Gasteiger partial charge in [-0.3, -0.25) is 9.59 Å². The molecule has 0 saturated carbocycles. The van der Waals surface area contributed by atoms with Gasteiger partial charge in [0.1, 0.15) is 0 Å². The fraction of sp³-hybridized carbons (Fsp3) is 0.412. The molecule has 136 valence electrons. The van der Waals surface area contributed by atoms with E-state index in [0.717, 1.165) is 16.7 Å². The molecule has 2 aromatic rings. The molecular formula is C17H18BrFO5S. The van der Waals surface area contributed by atoms with Crippen molar-refractivity contribution >= 4 is 49.1 Å². The summed E-state index contributed by atoms with van der Waals surface area (Å²) in [5, 5.41) is 9.93. The van der Waals surface area contributed by atoms with E-state index in [0.29, 0.717) is 22.6 Å². The van der Waals surface area contributed by atoms with Crippen LogP contribution in [0, 0.1) is 11.7 Å². The van der Waals surface area contributed by atoms with Crippen LogP contribution >= 0.6 is 27.3 Å². The minimum atomic E-state index is -1.04. The molecule has 2 rings (SSSR count). The molecule has 0 saturated heterocycles. The van der Waals surface area contributed by atoms with Gasteiger partial charge in [0, 0.05) is 27.9 Å². The van der Waals surface area contributed by atoms with Crippen molar-refractivity contribution in [2.75, 3.05) is 19.0 Å². The van der Waals surface area contributed by atoms with Crippen molar-refractivity contribution in [2.24, 2.45) is 5.92 Å². The summed E-state index contributed by atoms with van der Waals surface area (Å²) in [5.41, 5.74) is 0. The molecule has 8 heteroatoms. The molecule has 0 aliphatic heterocycles. The third-order valence-corrected chi connectivity index (χ3v) is 5.30. The first-order valence-electron chi connectivity index (χ1n) is 7.63. The van der Waals surface area contributed by atoms with Crippen LogP contribution in [0.2, 0.25) is 0 Å². The summed E-state index contributed by atoms with van der Waals surface area (Å²) < 4.78 is 26.0. The molecule has 0 bridgehead atoms. The molecule has 1 aromatic heterocycles. The van der Waals surface area contributed by atoms with E-state index in [1.54, 1.807) is 6.07 Å². The van der Waals surface area contributed by atoms with Gasteiger partial charge in [-0.05, 0) is 12.5 Å².